The van der Waals surface area contributed by atoms with Gasteiger partial charge >= 0.3 is 0 Å². The Labute approximate surface area is 191 Å². The van der Waals surface area contributed by atoms with Gasteiger partial charge in [-0.3, -0.25) is 9.55 Å². The van der Waals surface area contributed by atoms with Gasteiger partial charge in [0, 0.05) is 38.8 Å². The smallest absolute Gasteiger partial charge is 0.196 e. The van der Waals surface area contributed by atoms with E-state index in [0.29, 0.717) is 42.5 Å². The first-order chi connectivity index (χ1) is 14.0. The number of aromatic nitrogens is 4. The van der Waals surface area contributed by atoms with Gasteiger partial charge in [0.15, 0.2) is 11.0 Å². The van der Waals surface area contributed by atoms with E-state index in [4.69, 9.17) is 46.4 Å². The van der Waals surface area contributed by atoms with Crippen LogP contribution in [0.2, 0.25) is 20.1 Å². The predicted molar refractivity (Wildman–Crippen MR) is 121 cm³/mol. The molecule has 0 saturated heterocycles. The average molecular weight is 482 g/mol. The van der Waals surface area contributed by atoms with E-state index in [1.54, 1.807) is 36.7 Å². The fraction of sp³-hybridized carbons (Fsp3) is 0.0500. The molecule has 0 radical (unpaired) electrons. The number of thioether (sulfide) groups is 1. The van der Waals surface area contributed by atoms with Crippen molar-refractivity contribution in [3.63, 3.8) is 0 Å². The summed E-state index contributed by atoms with van der Waals surface area (Å²) in [5, 5.41) is 11.7. The van der Waals surface area contributed by atoms with E-state index in [1.165, 1.54) is 11.8 Å². The molecule has 0 spiro atoms. The van der Waals surface area contributed by atoms with Gasteiger partial charge in [0.25, 0.3) is 0 Å². The molecule has 4 rings (SSSR count). The molecule has 0 atom stereocenters. The third-order valence-corrected chi connectivity index (χ3v) is 6.19. The minimum atomic E-state index is 0.533. The molecule has 0 N–H and O–H groups in total. The van der Waals surface area contributed by atoms with Gasteiger partial charge in [-0.2, -0.15) is 0 Å². The highest BCUT2D eigenvalue weighted by atomic mass is 35.5. The minimum absolute atomic E-state index is 0.533. The molecule has 146 valence electrons. The summed E-state index contributed by atoms with van der Waals surface area (Å²) in [5.74, 6) is 1.20. The highest BCUT2D eigenvalue weighted by Gasteiger charge is 2.19. The van der Waals surface area contributed by atoms with Crippen LogP contribution in [0.4, 0.5) is 0 Å². The molecule has 0 unspecified atom stereocenters. The van der Waals surface area contributed by atoms with Crippen molar-refractivity contribution in [2.75, 3.05) is 0 Å². The van der Waals surface area contributed by atoms with Gasteiger partial charge in [0.2, 0.25) is 0 Å². The Balaban J connectivity index is 1.78. The molecule has 4 nitrogen and oxygen atoms in total. The number of benzene rings is 2. The van der Waals surface area contributed by atoms with E-state index in [2.05, 4.69) is 15.2 Å². The normalized spacial score (nSPS) is 11.0. The van der Waals surface area contributed by atoms with Gasteiger partial charge in [-0.15, -0.1) is 10.2 Å². The molecule has 0 bridgehead atoms. The molecule has 0 saturated carbocycles. The number of pyridine rings is 1. The van der Waals surface area contributed by atoms with Crippen molar-refractivity contribution < 1.29 is 0 Å². The van der Waals surface area contributed by atoms with Gasteiger partial charge in [-0.1, -0.05) is 64.2 Å². The van der Waals surface area contributed by atoms with E-state index >= 15 is 0 Å². The first-order valence-corrected chi connectivity index (χ1v) is 10.9. The molecule has 29 heavy (non-hydrogen) atoms. The maximum Gasteiger partial charge on any atom is 0.196 e. The summed E-state index contributed by atoms with van der Waals surface area (Å²) in [6.07, 6.45) is 3.43. The highest BCUT2D eigenvalue weighted by Crippen LogP contribution is 2.35. The summed E-state index contributed by atoms with van der Waals surface area (Å²) in [4.78, 5) is 4.18. The number of halogens is 4. The molecular formula is C20H12Cl4N4S. The van der Waals surface area contributed by atoms with Crippen molar-refractivity contribution in [3.8, 4) is 17.1 Å². The van der Waals surface area contributed by atoms with Crippen molar-refractivity contribution >= 4 is 58.2 Å². The van der Waals surface area contributed by atoms with Gasteiger partial charge in [0.05, 0.1) is 10.7 Å². The first-order valence-electron chi connectivity index (χ1n) is 8.41. The molecule has 0 aliphatic carbocycles. The largest absolute Gasteiger partial charge is 0.268 e. The zero-order chi connectivity index (χ0) is 20.4. The Hall–Kier alpha value is -1.76. The molecular weight excluding hydrogens is 470 g/mol. The molecule has 9 heteroatoms. The first kappa shape index (κ1) is 20.5. The standard InChI is InChI=1S/C20H12Cl4N4S/c21-14-4-3-13(17(24)8-14)11-29-20-27-26-19(12-2-1-7-25-10-12)28(20)18-9-15(22)5-6-16(18)23/h1-10H,11H2. The lowest BCUT2D eigenvalue weighted by Gasteiger charge is -2.12. The number of hydrogen-bond donors (Lipinski definition) is 0. The molecule has 0 aliphatic rings. The fourth-order valence-electron chi connectivity index (χ4n) is 2.70. The second-order valence-corrected chi connectivity index (χ2v) is 8.63. The third kappa shape index (κ3) is 4.55. The van der Waals surface area contributed by atoms with Crippen LogP contribution in [-0.2, 0) is 5.75 Å². The monoisotopic (exact) mass is 480 g/mol. The Kier molecular flexibility index (Phi) is 6.32. The SMILES string of the molecule is Clc1ccc(CSc2nnc(-c3cccnc3)n2-c2cc(Cl)ccc2Cl)c(Cl)c1. The van der Waals surface area contributed by atoms with Crippen LogP contribution in [0.1, 0.15) is 5.56 Å². The van der Waals surface area contributed by atoms with E-state index in [0.717, 1.165) is 11.1 Å². The van der Waals surface area contributed by atoms with Crippen LogP contribution in [-0.4, -0.2) is 19.7 Å². The number of rotatable bonds is 5. The van der Waals surface area contributed by atoms with Crippen molar-refractivity contribution in [1.82, 2.24) is 19.7 Å². The zero-order valence-electron chi connectivity index (χ0n) is 14.7. The van der Waals surface area contributed by atoms with Crippen LogP contribution in [0.25, 0.3) is 17.1 Å². The lowest BCUT2D eigenvalue weighted by atomic mass is 10.2. The van der Waals surface area contributed by atoms with E-state index in [9.17, 15) is 0 Å². The summed E-state index contributed by atoms with van der Waals surface area (Å²) in [6.45, 7) is 0. The molecule has 2 aromatic carbocycles. The van der Waals surface area contributed by atoms with E-state index in [-0.39, 0.29) is 0 Å². The Morgan fingerprint density at radius 3 is 2.41 bits per heavy atom. The molecule has 2 aromatic heterocycles. The van der Waals surface area contributed by atoms with Crippen LogP contribution in [0.15, 0.2) is 66.1 Å². The van der Waals surface area contributed by atoms with Crippen molar-refractivity contribution in [1.29, 1.82) is 0 Å². The zero-order valence-corrected chi connectivity index (χ0v) is 18.5. The van der Waals surface area contributed by atoms with Crippen molar-refractivity contribution in [2.45, 2.75) is 10.9 Å². The van der Waals surface area contributed by atoms with Crippen molar-refractivity contribution in [2.24, 2.45) is 0 Å². The maximum absolute atomic E-state index is 6.48. The number of hydrogen-bond acceptors (Lipinski definition) is 4. The van der Waals surface area contributed by atoms with E-state index in [1.807, 2.05) is 28.8 Å². The molecule has 2 heterocycles. The quantitative estimate of drug-likeness (QED) is 0.282. The summed E-state index contributed by atoms with van der Waals surface area (Å²) < 4.78 is 1.87. The summed E-state index contributed by atoms with van der Waals surface area (Å²) in [6, 6.07) is 14.4. The fourth-order valence-corrected chi connectivity index (χ4v) is 4.57. The molecule has 0 aliphatic heterocycles. The topological polar surface area (TPSA) is 43.6 Å². The third-order valence-electron chi connectivity index (χ3n) is 4.07. The maximum atomic E-state index is 6.48. The van der Waals surface area contributed by atoms with Gasteiger partial charge < -0.3 is 0 Å². The van der Waals surface area contributed by atoms with Crippen LogP contribution >= 0.6 is 58.2 Å². The van der Waals surface area contributed by atoms with Gasteiger partial charge in [0.1, 0.15) is 0 Å². The lowest BCUT2D eigenvalue weighted by Crippen LogP contribution is -2.01. The van der Waals surface area contributed by atoms with Gasteiger partial charge in [-0.25, -0.2) is 0 Å². The molecule has 4 aromatic rings. The predicted octanol–water partition coefficient (Wildman–Crippen LogP) is 7.24. The van der Waals surface area contributed by atoms with Crippen molar-refractivity contribution in [3.05, 3.63) is 86.6 Å². The highest BCUT2D eigenvalue weighted by molar-refractivity contribution is 7.98. The Bertz CT molecular complexity index is 1160. The summed E-state index contributed by atoms with van der Waals surface area (Å²) >= 11 is 26.5. The van der Waals surface area contributed by atoms with Crippen LogP contribution < -0.4 is 0 Å². The second kappa shape index (κ2) is 8.94. The van der Waals surface area contributed by atoms with Gasteiger partial charge in [-0.05, 0) is 48.0 Å². The van der Waals surface area contributed by atoms with Crippen LogP contribution in [0, 0.1) is 0 Å². The van der Waals surface area contributed by atoms with E-state index < -0.39 is 0 Å². The second-order valence-electron chi connectivity index (χ2n) is 6.00. The average Bonchev–Trinajstić information content (AvgIpc) is 3.13. The summed E-state index contributed by atoms with van der Waals surface area (Å²) in [7, 11) is 0. The summed E-state index contributed by atoms with van der Waals surface area (Å²) in [5.41, 5.74) is 2.44. The minimum Gasteiger partial charge on any atom is -0.268 e. The molecule has 0 fully saturated rings. The number of nitrogens with zero attached hydrogens (tertiary/aromatic N) is 4. The molecule has 0 amide bonds. The van der Waals surface area contributed by atoms with Crippen LogP contribution in [0.3, 0.4) is 0 Å². The Morgan fingerprint density at radius 2 is 1.66 bits per heavy atom. The lowest BCUT2D eigenvalue weighted by molar-refractivity contribution is 0.886. The Morgan fingerprint density at radius 1 is 0.862 bits per heavy atom. The van der Waals surface area contributed by atoms with Crippen LogP contribution in [0.5, 0.6) is 0 Å².